The van der Waals surface area contributed by atoms with Crippen LogP contribution in [0.25, 0.3) is 0 Å². The van der Waals surface area contributed by atoms with Crippen LogP contribution < -0.4 is 5.32 Å². The smallest absolute Gasteiger partial charge is 0.139 e. The summed E-state index contributed by atoms with van der Waals surface area (Å²) in [5.74, 6) is -0.283. The van der Waals surface area contributed by atoms with Gasteiger partial charge >= 0.3 is 0 Å². The standard InChI is InChI=1S/C13H9Br2ClFN/c14-10-3-1-8(5-12(10)16)7-18-9-2-4-11(15)13(17)6-9/h1-6,18H,7H2. The summed E-state index contributed by atoms with van der Waals surface area (Å²) in [5.41, 5.74) is 1.77. The molecule has 0 radical (unpaired) electrons. The van der Waals surface area contributed by atoms with E-state index in [0.29, 0.717) is 16.0 Å². The van der Waals surface area contributed by atoms with Gasteiger partial charge in [0.05, 0.1) is 9.50 Å². The van der Waals surface area contributed by atoms with E-state index in [0.717, 1.165) is 15.7 Å². The van der Waals surface area contributed by atoms with Gasteiger partial charge in [-0.2, -0.15) is 0 Å². The lowest BCUT2D eigenvalue weighted by atomic mass is 10.2. The molecule has 0 bridgehead atoms. The Kier molecular flexibility index (Phi) is 4.65. The normalized spacial score (nSPS) is 10.4. The van der Waals surface area contributed by atoms with Crippen molar-refractivity contribution in [1.29, 1.82) is 0 Å². The maximum Gasteiger partial charge on any atom is 0.139 e. The van der Waals surface area contributed by atoms with Gasteiger partial charge in [-0.05, 0) is 67.8 Å². The zero-order valence-electron chi connectivity index (χ0n) is 9.18. The van der Waals surface area contributed by atoms with Crippen LogP contribution in [-0.4, -0.2) is 0 Å². The van der Waals surface area contributed by atoms with Crippen molar-refractivity contribution >= 4 is 49.1 Å². The van der Waals surface area contributed by atoms with Crippen molar-refractivity contribution in [1.82, 2.24) is 0 Å². The summed E-state index contributed by atoms with van der Waals surface area (Å²) < 4.78 is 14.6. The molecule has 0 heterocycles. The van der Waals surface area contributed by atoms with E-state index in [1.165, 1.54) is 6.07 Å². The highest BCUT2D eigenvalue weighted by atomic mass is 79.9. The number of benzene rings is 2. The molecular weight excluding hydrogens is 384 g/mol. The summed E-state index contributed by atoms with van der Waals surface area (Å²) in [7, 11) is 0. The first kappa shape index (κ1) is 13.8. The molecule has 1 N–H and O–H groups in total. The molecular formula is C13H9Br2ClFN. The topological polar surface area (TPSA) is 12.0 Å². The van der Waals surface area contributed by atoms with Gasteiger partial charge in [0.15, 0.2) is 0 Å². The van der Waals surface area contributed by atoms with E-state index in [4.69, 9.17) is 11.6 Å². The highest BCUT2D eigenvalue weighted by molar-refractivity contribution is 9.10. The number of hydrogen-bond acceptors (Lipinski definition) is 1. The Morgan fingerprint density at radius 2 is 1.78 bits per heavy atom. The van der Waals surface area contributed by atoms with Crippen LogP contribution in [0.3, 0.4) is 0 Å². The Balaban J connectivity index is 2.06. The molecule has 1 nitrogen and oxygen atoms in total. The Morgan fingerprint density at radius 3 is 2.44 bits per heavy atom. The minimum atomic E-state index is -0.283. The van der Waals surface area contributed by atoms with Gasteiger partial charge in [-0.3, -0.25) is 0 Å². The molecule has 0 unspecified atom stereocenters. The number of halogens is 4. The molecule has 5 heteroatoms. The second kappa shape index (κ2) is 6.04. The molecule has 0 amide bonds. The lowest BCUT2D eigenvalue weighted by Crippen LogP contribution is -1.99. The van der Waals surface area contributed by atoms with Crippen molar-refractivity contribution < 1.29 is 4.39 Å². The van der Waals surface area contributed by atoms with Crippen molar-refractivity contribution in [3.63, 3.8) is 0 Å². The molecule has 2 aromatic rings. The Hall–Kier alpha value is -0.580. The van der Waals surface area contributed by atoms with E-state index >= 15 is 0 Å². The summed E-state index contributed by atoms with van der Waals surface area (Å²) in [6.07, 6.45) is 0. The van der Waals surface area contributed by atoms with Crippen LogP contribution in [0.4, 0.5) is 10.1 Å². The third-order valence-corrected chi connectivity index (χ3v) is 4.28. The van der Waals surface area contributed by atoms with E-state index in [-0.39, 0.29) is 5.82 Å². The fourth-order valence-electron chi connectivity index (χ4n) is 1.46. The first-order valence-electron chi connectivity index (χ1n) is 5.19. The van der Waals surface area contributed by atoms with Crippen LogP contribution in [0, 0.1) is 5.82 Å². The molecule has 18 heavy (non-hydrogen) atoms. The minimum Gasteiger partial charge on any atom is -0.381 e. The molecule has 0 saturated heterocycles. The summed E-state index contributed by atoms with van der Waals surface area (Å²) in [4.78, 5) is 0. The predicted octanol–water partition coefficient (Wildman–Crippen LogP) is 5.62. The molecule has 0 aliphatic heterocycles. The van der Waals surface area contributed by atoms with Crippen LogP contribution in [-0.2, 0) is 6.54 Å². The lowest BCUT2D eigenvalue weighted by Gasteiger charge is -2.08. The maximum absolute atomic E-state index is 13.3. The van der Waals surface area contributed by atoms with Crippen molar-refractivity contribution in [3.05, 3.63) is 61.7 Å². The lowest BCUT2D eigenvalue weighted by molar-refractivity contribution is 0.621. The van der Waals surface area contributed by atoms with E-state index in [2.05, 4.69) is 37.2 Å². The van der Waals surface area contributed by atoms with Gasteiger partial charge in [0.25, 0.3) is 0 Å². The largest absolute Gasteiger partial charge is 0.381 e. The van der Waals surface area contributed by atoms with Gasteiger partial charge in [-0.1, -0.05) is 17.7 Å². The Bertz CT molecular complexity index is 523. The Morgan fingerprint density at radius 1 is 1.06 bits per heavy atom. The van der Waals surface area contributed by atoms with Crippen LogP contribution in [0.1, 0.15) is 5.56 Å². The minimum absolute atomic E-state index is 0.283. The summed E-state index contributed by atoms with van der Waals surface area (Å²) in [6, 6.07) is 10.7. The molecule has 0 aliphatic rings. The highest BCUT2D eigenvalue weighted by Crippen LogP contribution is 2.24. The summed E-state index contributed by atoms with van der Waals surface area (Å²) >= 11 is 12.5. The zero-order chi connectivity index (χ0) is 13.1. The number of rotatable bonds is 3. The van der Waals surface area contributed by atoms with Crippen molar-refractivity contribution in [3.8, 4) is 0 Å². The number of hydrogen-bond donors (Lipinski definition) is 1. The highest BCUT2D eigenvalue weighted by Gasteiger charge is 2.02. The summed E-state index contributed by atoms with van der Waals surface area (Å²) in [5, 5.41) is 3.80. The van der Waals surface area contributed by atoms with Crippen molar-refractivity contribution in [2.75, 3.05) is 5.32 Å². The fraction of sp³-hybridized carbons (Fsp3) is 0.0769. The predicted molar refractivity (Wildman–Crippen MR) is 80.6 cm³/mol. The SMILES string of the molecule is Fc1cc(NCc2ccc(Br)c(Cl)c2)ccc1Br. The molecule has 0 atom stereocenters. The molecule has 2 aromatic carbocycles. The summed E-state index contributed by atoms with van der Waals surface area (Å²) in [6.45, 7) is 0.591. The van der Waals surface area contributed by atoms with E-state index in [9.17, 15) is 4.39 Å². The van der Waals surface area contributed by atoms with Crippen LogP contribution >= 0.6 is 43.5 Å². The Labute approximate surface area is 127 Å². The van der Waals surface area contributed by atoms with Gasteiger partial charge < -0.3 is 5.32 Å². The maximum atomic E-state index is 13.3. The second-order valence-electron chi connectivity index (χ2n) is 3.73. The first-order valence-corrected chi connectivity index (χ1v) is 7.15. The number of anilines is 1. The average Bonchev–Trinajstić information content (AvgIpc) is 2.35. The second-order valence-corrected chi connectivity index (χ2v) is 5.85. The van der Waals surface area contributed by atoms with E-state index < -0.39 is 0 Å². The third-order valence-electron chi connectivity index (χ3n) is 2.40. The van der Waals surface area contributed by atoms with Crippen molar-refractivity contribution in [2.45, 2.75) is 6.54 Å². The van der Waals surface area contributed by atoms with Gasteiger partial charge in [0.1, 0.15) is 5.82 Å². The van der Waals surface area contributed by atoms with E-state index in [1.807, 2.05) is 24.3 Å². The van der Waals surface area contributed by atoms with E-state index in [1.54, 1.807) is 6.07 Å². The van der Waals surface area contributed by atoms with Crippen LogP contribution in [0.5, 0.6) is 0 Å². The van der Waals surface area contributed by atoms with Crippen molar-refractivity contribution in [2.24, 2.45) is 0 Å². The molecule has 94 valence electrons. The molecule has 0 spiro atoms. The molecule has 0 aromatic heterocycles. The van der Waals surface area contributed by atoms with Gasteiger partial charge in [0.2, 0.25) is 0 Å². The van der Waals surface area contributed by atoms with Crippen LogP contribution in [0.15, 0.2) is 45.3 Å². The monoisotopic (exact) mass is 391 g/mol. The fourth-order valence-corrected chi connectivity index (χ4v) is 2.16. The van der Waals surface area contributed by atoms with Crippen LogP contribution in [0.2, 0.25) is 5.02 Å². The zero-order valence-corrected chi connectivity index (χ0v) is 13.1. The number of nitrogens with one attached hydrogen (secondary N) is 1. The average molecular weight is 393 g/mol. The molecule has 2 rings (SSSR count). The molecule has 0 fully saturated rings. The first-order chi connectivity index (χ1) is 8.56. The quantitative estimate of drug-likeness (QED) is 0.714. The molecule has 0 saturated carbocycles. The van der Waals surface area contributed by atoms with Gasteiger partial charge in [0, 0.05) is 16.7 Å². The van der Waals surface area contributed by atoms with Gasteiger partial charge in [-0.25, -0.2) is 4.39 Å². The third kappa shape index (κ3) is 3.46. The van der Waals surface area contributed by atoms with Gasteiger partial charge in [-0.15, -0.1) is 0 Å². The molecule has 0 aliphatic carbocycles.